The maximum atomic E-state index is 13.6. The number of carbonyl (C=O) groups is 6. The molecule has 3 atom stereocenters. The number of carbonyl (C=O) groups excluding carboxylic acids is 6. The number of hydrogen-bond acceptors (Lipinski definition) is 9. The van der Waals surface area contributed by atoms with Gasteiger partial charge in [-0.1, -0.05) is 26.8 Å². The fourth-order valence-electron chi connectivity index (χ4n) is 4.92. The number of likely N-dealkylation sites (tertiary alicyclic amines) is 1. The number of esters is 1. The molecule has 2 aromatic rings. The van der Waals surface area contributed by atoms with Crippen LogP contribution in [0.2, 0.25) is 0 Å². The molecule has 1 aromatic heterocycles. The highest BCUT2D eigenvalue weighted by atomic mass is 16.7. The molecular formula is C30H40N4O9. The van der Waals surface area contributed by atoms with Crippen LogP contribution in [0.1, 0.15) is 63.9 Å². The van der Waals surface area contributed by atoms with E-state index in [1.807, 2.05) is 13.8 Å². The van der Waals surface area contributed by atoms with Gasteiger partial charge in [-0.05, 0) is 43.4 Å². The van der Waals surface area contributed by atoms with Gasteiger partial charge in [-0.3, -0.25) is 33.7 Å². The highest BCUT2D eigenvalue weighted by molar-refractivity contribution is 6.02. The van der Waals surface area contributed by atoms with Crippen molar-refractivity contribution in [3.8, 4) is 5.75 Å². The summed E-state index contributed by atoms with van der Waals surface area (Å²) >= 11 is 0. The largest absolute Gasteiger partial charge is 0.496 e. The van der Waals surface area contributed by atoms with Crippen molar-refractivity contribution in [1.82, 2.24) is 20.5 Å². The third kappa shape index (κ3) is 8.87. The molecule has 1 aliphatic rings. The zero-order valence-electron chi connectivity index (χ0n) is 25.2. The Hall–Kier alpha value is -4.26. The number of nitrogens with one attached hydrogen (secondary N) is 3. The number of ether oxygens (including phenoxy) is 3. The fraction of sp³-hybridized carbons (Fsp3) is 0.533. The molecule has 0 spiro atoms. The van der Waals surface area contributed by atoms with E-state index < -0.39 is 66.8 Å². The van der Waals surface area contributed by atoms with Crippen molar-refractivity contribution in [2.75, 3.05) is 27.1 Å². The highest BCUT2D eigenvalue weighted by Crippen LogP contribution is 2.26. The lowest BCUT2D eigenvalue weighted by Gasteiger charge is -2.25. The number of nitrogens with zero attached hydrogens (tertiary/aromatic N) is 1. The first kappa shape index (κ1) is 33.2. The van der Waals surface area contributed by atoms with Crippen LogP contribution in [0.15, 0.2) is 24.3 Å². The molecule has 1 saturated heterocycles. The standard InChI is InChI=1S/C30H40N4O9/c1-6-27(37)43-16-42-15-25(36)22(13-19-10-11-34(18(4)35)30(19)40)32-28(38)23(12-17(2)3)33-29(39)24-14-20-21(31-24)8-7-9-26(20)41-5/h7-9,14,17,19,22-23,31H,6,10-13,15-16H2,1-5H3,(H,32,38)(H,33,39)/t19-,22-,23-/m0/s1. The fourth-order valence-corrected chi connectivity index (χ4v) is 4.92. The minimum atomic E-state index is -1.15. The third-order valence-electron chi connectivity index (χ3n) is 7.18. The Morgan fingerprint density at radius 1 is 1.12 bits per heavy atom. The molecule has 0 bridgehead atoms. The summed E-state index contributed by atoms with van der Waals surface area (Å²) in [6, 6.07) is 4.83. The van der Waals surface area contributed by atoms with Crippen molar-refractivity contribution in [3.63, 3.8) is 0 Å². The molecule has 0 unspecified atom stereocenters. The van der Waals surface area contributed by atoms with Crippen molar-refractivity contribution in [3.05, 3.63) is 30.0 Å². The molecule has 1 aliphatic heterocycles. The van der Waals surface area contributed by atoms with Crippen LogP contribution in [0.25, 0.3) is 10.9 Å². The average Bonchev–Trinajstić information content (AvgIpc) is 3.57. The molecule has 43 heavy (non-hydrogen) atoms. The molecule has 4 amide bonds. The lowest BCUT2D eigenvalue weighted by Crippen LogP contribution is -2.53. The molecule has 0 saturated carbocycles. The number of aromatic amines is 1. The number of Topliss-reactive ketones (excluding diaryl/α,β-unsaturated/α-hetero) is 1. The summed E-state index contributed by atoms with van der Waals surface area (Å²) in [6.45, 7) is 5.97. The third-order valence-corrected chi connectivity index (χ3v) is 7.18. The molecule has 1 fully saturated rings. The van der Waals surface area contributed by atoms with Gasteiger partial charge in [-0.25, -0.2) is 0 Å². The number of amides is 4. The van der Waals surface area contributed by atoms with Gasteiger partial charge in [0.1, 0.15) is 24.1 Å². The summed E-state index contributed by atoms with van der Waals surface area (Å²) in [4.78, 5) is 80.1. The molecule has 0 aliphatic carbocycles. The molecule has 3 rings (SSSR count). The van der Waals surface area contributed by atoms with E-state index in [0.717, 1.165) is 4.90 Å². The molecular weight excluding hydrogens is 560 g/mol. The number of rotatable bonds is 15. The molecule has 3 N–H and O–H groups in total. The van der Waals surface area contributed by atoms with Gasteiger partial charge < -0.3 is 29.8 Å². The van der Waals surface area contributed by atoms with Crippen LogP contribution in [-0.2, 0) is 33.4 Å². The Morgan fingerprint density at radius 3 is 2.49 bits per heavy atom. The van der Waals surface area contributed by atoms with Crippen LogP contribution in [0.3, 0.4) is 0 Å². The molecule has 1 aromatic carbocycles. The van der Waals surface area contributed by atoms with E-state index in [1.165, 1.54) is 14.0 Å². The smallest absolute Gasteiger partial charge is 0.307 e. The predicted octanol–water partition coefficient (Wildman–Crippen LogP) is 2.09. The van der Waals surface area contributed by atoms with Gasteiger partial charge in [0.2, 0.25) is 17.7 Å². The van der Waals surface area contributed by atoms with Crippen LogP contribution < -0.4 is 15.4 Å². The van der Waals surface area contributed by atoms with Gasteiger partial charge in [0.25, 0.3) is 5.91 Å². The van der Waals surface area contributed by atoms with E-state index >= 15 is 0 Å². The van der Waals surface area contributed by atoms with Crippen molar-refractivity contribution in [2.45, 2.75) is 65.5 Å². The topological polar surface area (TPSA) is 173 Å². The average molecular weight is 601 g/mol. The summed E-state index contributed by atoms with van der Waals surface area (Å²) < 4.78 is 15.4. The molecule has 0 radical (unpaired) electrons. The van der Waals surface area contributed by atoms with E-state index in [-0.39, 0.29) is 37.4 Å². The van der Waals surface area contributed by atoms with Crippen molar-refractivity contribution >= 4 is 46.3 Å². The minimum absolute atomic E-state index is 0.00475. The first-order valence-electron chi connectivity index (χ1n) is 14.3. The number of imide groups is 1. The summed E-state index contributed by atoms with van der Waals surface area (Å²) in [6.07, 6.45) is 0.686. The number of aromatic nitrogens is 1. The van der Waals surface area contributed by atoms with E-state index in [2.05, 4.69) is 15.6 Å². The lowest BCUT2D eigenvalue weighted by atomic mass is 9.95. The normalized spacial score (nSPS) is 16.2. The maximum Gasteiger partial charge on any atom is 0.307 e. The van der Waals surface area contributed by atoms with E-state index in [9.17, 15) is 28.8 Å². The Bertz CT molecular complexity index is 1350. The van der Waals surface area contributed by atoms with Gasteiger partial charge >= 0.3 is 5.97 Å². The molecule has 234 valence electrons. The van der Waals surface area contributed by atoms with Gasteiger partial charge in [0, 0.05) is 36.7 Å². The second-order valence-corrected chi connectivity index (χ2v) is 10.9. The second kappa shape index (κ2) is 15.3. The monoisotopic (exact) mass is 600 g/mol. The van der Waals surface area contributed by atoms with Gasteiger partial charge in [0.15, 0.2) is 12.6 Å². The highest BCUT2D eigenvalue weighted by Gasteiger charge is 2.38. The van der Waals surface area contributed by atoms with Crippen LogP contribution >= 0.6 is 0 Å². The van der Waals surface area contributed by atoms with Crippen LogP contribution in [0.4, 0.5) is 0 Å². The number of ketones is 1. The van der Waals surface area contributed by atoms with E-state index in [1.54, 1.807) is 31.2 Å². The Balaban J connectivity index is 1.76. The minimum Gasteiger partial charge on any atom is -0.496 e. The van der Waals surface area contributed by atoms with Gasteiger partial charge in [-0.2, -0.15) is 0 Å². The van der Waals surface area contributed by atoms with Crippen LogP contribution in [-0.4, -0.2) is 84.4 Å². The lowest BCUT2D eigenvalue weighted by molar-refractivity contribution is -0.158. The number of hydrogen-bond donors (Lipinski definition) is 3. The summed E-state index contributed by atoms with van der Waals surface area (Å²) in [7, 11) is 1.53. The van der Waals surface area contributed by atoms with Crippen molar-refractivity contribution in [2.24, 2.45) is 11.8 Å². The van der Waals surface area contributed by atoms with Crippen molar-refractivity contribution in [1.29, 1.82) is 0 Å². The first-order valence-corrected chi connectivity index (χ1v) is 14.3. The Morgan fingerprint density at radius 2 is 1.86 bits per heavy atom. The maximum absolute atomic E-state index is 13.6. The molecule has 2 heterocycles. The molecule has 13 nitrogen and oxygen atoms in total. The van der Waals surface area contributed by atoms with E-state index in [4.69, 9.17) is 14.2 Å². The summed E-state index contributed by atoms with van der Waals surface area (Å²) in [5.74, 6) is -3.08. The second-order valence-electron chi connectivity index (χ2n) is 10.9. The van der Waals surface area contributed by atoms with Crippen molar-refractivity contribution < 1.29 is 43.0 Å². The SMILES string of the molecule is CCC(=O)OCOCC(=O)[C@H](C[C@@H]1CCN(C(C)=O)C1=O)NC(=O)[C@H](CC(C)C)NC(=O)c1cc2c(OC)cccc2[nH]1. The quantitative estimate of drug-likeness (QED) is 0.157. The zero-order chi connectivity index (χ0) is 31.7. The van der Waals surface area contributed by atoms with Crippen LogP contribution in [0, 0.1) is 11.8 Å². The number of fused-ring (bicyclic) bond motifs is 1. The zero-order valence-corrected chi connectivity index (χ0v) is 25.2. The number of benzene rings is 1. The number of methoxy groups -OCH3 is 1. The van der Waals surface area contributed by atoms with Gasteiger partial charge in [-0.15, -0.1) is 0 Å². The van der Waals surface area contributed by atoms with Crippen LogP contribution in [0.5, 0.6) is 5.75 Å². The van der Waals surface area contributed by atoms with Gasteiger partial charge in [0.05, 0.1) is 13.2 Å². The number of H-pyrrole nitrogens is 1. The Labute approximate surface area is 250 Å². The van der Waals surface area contributed by atoms with E-state index in [0.29, 0.717) is 23.1 Å². The molecule has 13 heteroatoms. The summed E-state index contributed by atoms with van der Waals surface area (Å²) in [5, 5.41) is 6.16. The predicted molar refractivity (Wildman–Crippen MR) is 155 cm³/mol. The first-order chi connectivity index (χ1) is 20.4. The Kier molecular flexibility index (Phi) is 11.8. The summed E-state index contributed by atoms with van der Waals surface area (Å²) in [5.41, 5.74) is 0.912.